The number of hydrogen-bond donors (Lipinski definition) is 0. The Morgan fingerprint density at radius 1 is 1.29 bits per heavy atom. The monoisotopic (exact) mass is 206 g/mol. The van der Waals surface area contributed by atoms with Crippen molar-refractivity contribution in [1.82, 2.24) is 9.97 Å². The van der Waals surface area contributed by atoms with E-state index in [4.69, 9.17) is 0 Å². The largest absolute Gasteiger partial charge is 0.573 e. The third kappa shape index (κ3) is 3.59. The highest BCUT2D eigenvalue weighted by molar-refractivity contribution is 5.12. The van der Waals surface area contributed by atoms with Crippen LogP contribution in [0.2, 0.25) is 0 Å². The highest BCUT2D eigenvalue weighted by Gasteiger charge is 2.31. The van der Waals surface area contributed by atoms with Gasteiger partial charge in [-0.1, -0.05) is 6.92 Å². The first kappa shape index (κ1) is 10.7. The summed E-state index contributed by atoms with van der Waals surface area (Å²) in [5.41, 5.74) is 0. The number of halogens is 3. The summed E-state index contributed by atoms with van der Waals surface area (Å²) in [6.45, 7) is 1.93. The Hall–Kier alpha value is -1.33. The topological polar surface area (TPSA) is 35.0 Å². The molecule has 0 aromatic carbocycles. The van der Waals surface area contributed by atoms with Crippen molar-refractivity contribution in [3.05, 3.63) is 18.2 Å². The maximum atomic E-state index is 11.7. The molecule has 0 saturated heterocycles. The third-order valence-corrected chi connectivity index (χ3v) is 1.39. The first-order valence-corrected chi connectivity index (χ1v) is 4.08. The normalized spacial score (nSPS) is 11.4. The van der Waals surface area contributed by atoms with Crippen molar-refractivity contribution in [2.24, 2.45) is 0 Å². The van der Waals surface area contributed by atoms with Crippen LogP contribution in [0.4, 0.5) is 13.2 Å². The molecule has 0 N–H and O–H groups in total. The van der Waals surface area contributed by atoms with Crippen LogP contribution in [0.25, 0.3) is 0 Å². The molecule has 0 radical (unpaired) electrons. The zero-order valence-corrected chi connectivity index (χ0v) is 7.51. The zero-order chi connectivity index (χ0) is 10.6. The molecule has 0 unspecified atom stereocenters. The van der Waals surface area contributed by atoms with Crippen molar-refractivity contribution in [3.63, 3.8) is 0 Å². The van der Waals surface area contributed by atoms with Gasteiger partial charge in [-0.25, -0.2) is 9.97 Å². The molecule has 3 nitrogen and oxygen atoms in total. The van der Waals surface area contributed by atoms with Crippen LogP contribution in [0.3, 0.4) is 0 Å². The van der Waals surface area contributed by atoms with Gasteiger partial charge in [0.25, 0.3) is 0 Å². The molecule has 0 bridgehead atoms. The van der Waals surface area contributed by atoms with Crippen molar-refractivity contribution in [2.45, 2.75) is 26.1 Å². The summed E-state index contributed by atoms with van der Waals surface area (Å²) in [6.07, 6.45) is -1.15. The van der Waals surface area contributed by atoms with E-state index in [1.807, 2.05) is 6.92 Å². The molecule has 0 saturated carbocycles. The Labute approximate surface area is 78.9 Å². The average Bonchev–Trinajstić information content (AvgIpc) is 2.06. The molecule has 1 aromatic heterocycles. The lowest BCUT2D eigenvalue weighted by Gasteiger charge is -2.07. The van der Waals surface area contributed by atoms with Gasteiger partial charge in [-0.15, -0.1) is 13.2 Å². The van der Waals surface area contributed by atoms with Gasteiger partial charge < -0.3 is 4.74 Å². The van der Waals surface area contributed by atoms with Crippen LogP contribution in [0.15, 0.2) is 12.4 Å². The molecule has 0 amide bonds. The number of nitrogens with zero attached hydrogens (tertiary/aromatic N) is 2. The van der Waals surface area contributed by atoms with Crippen molar-refractivity contribution in [3.8, 4) is 5.75 Å². The third-order valence-electron chi connectivity index (χ3n) is 1.39. The highest BCUT2D eigenvalue weighted by atomic mass is 19.4. The molecule has 0 atom stereocenters. The van der Waals surface area contributed by atoms with E-state index in [1.54, 1.807) is 0 Å². The highest BCUT2D eigenvalue weighted by Crippen LogP contribution is 2.20. The molecule has 0 fully saturated rings. The number of aromatic nitrogens is 2. The smallest absolute Gasteiger partial charge is 0.402 e. The van der Waals surface area contributed by atoms with Crippen molar-refractivity contribution in [2.75, 3.05) is 0 Å². The van der Waals surface area contributed by atoms with Crippen molar-refractivity contribution >= 4 is 0 Å². The van der Waals surface area contributed by atoms with E-state index in [2.05, 4.69) is 14.7 Å². The first-order chi connectivity index (χ1) is 6.51. The zero-order valence-electron chi connectivity index (χ0n) is 7.51. The Kier molecular flexibility index (Phi) is 3.27. The van der Waals surface area contributed by atoms with Gasteiger partial charge in [0, 0.05) is 6.42 Å². The van der Waals surface area contributed by atoms with Gasteiger partial charge >= 0.3 is 6.36 Å². The first-order valence-electron chi connectivity index (χ1n) is 4.08. The molecular formula is C8H9F3N2O. The maximum absolute atomic E-state index is 11.7. The van der Waals surface area contributed by atoms with Crippen molar-refractivity contribution in [1.29, 1.82) is 0 Å². The number of rotatable bonds is 3. The minimum atomic E-state index is -4.68. The van der Waals surface area contributed by atoms with E-state index >= 15 is 0 Å². The second kappa shape index (κ2) is 4.26. The standard InChI is InChI=1S/C8H9F3N2O/c1-2-3-7-12-4-6(5-13-7)14-8(9,10)11/h4-5H,2-3H2,1H3. The lowest BCUT2D eigenvalue weighted by Crippen LogP contribution is -2.17. The Morgan fingerprint density at radius 3 is 2.29 bits per heavy atom. The van der Waals surface area contributed by atoms with Crippen LogP contribution in [0, 0.1) is 0 Å². The van der Waals surface area contributed by atoms with Crippen LogP contribution < -0.4 is 4.74 Å². The second-order valence-corrected chi connectivity index (χ2v) is 2.63. The van der Waals surface area contributed by atoms with Crippen LogP contribution >= 0.6 is 0 Å². The van der Waals surface area contributed by atoms with Gasteiger partial charge in [-0.2, -0.15) is 0 Å². The Morgan fingerprint density at radius 2 is 1.86 bits per heavy atom. The summed E-state index contributed by atoms with van der Waals surface area (Å²) in [5.74, 6) is 0.124. The Bertz CT molecular complexity index is 284. The summed E-state index contributed by atoms with van der Waals surface area (Å²) >= 11 is 0. The number of aryl methyl sites for hydroxylation is 1. The van der Waals surface area contributed by atoms with Crippen LogP contribution in [-0.4, -0.2) is 16.3 Å². The fourth-order valence-electron chi connectivity index (χ4n) is 0.882. The van der Waals surface area contributed by atoms with E-state index in [9.17, 15) is 13.2 Å². The molecule has 0 spiro atoms. The van der Waals surface area contributed by atoms with Crippen LogP contribution in [0.1, 0.15) is 19.2 Å². The van der Waals surface area contributed by atoms with Gasteiger partial charge in [0.05, 0.1) is 12.4 Å². The molecule has 1 aromatic rings. The molecule has 1 rings (SSSR count). The predicted octanol–water partition coefficient (Wildman–Crippen LogP) is 2.33. The van der Waals surface area contributed by atoms with Gasteiger partial charge in [0.1, 0.15) is 5.82 Å². The lowest BCUT2D eigenvalue weighted by molar-refractivity contribution is -0.274. The quantitative estimate of drug-likeness (QED) is 0.761. The van der Waals surface area contributed by atoms with Crippen LogP contribution in [-0.2, 0) is 6.42 Å². The van der Waals surface area contributed by atoms with Crippen LogP contribution in [0.5, 0.6) is 5.75 Å². The number of ether oxygens (including phenoxy) is 1. The van der Waals surface area contributed by atoms with E-state index in [0.717, 1.165) is 18.8 Å². The number of hydrogen-bond acceptors (Lipinski definition) is 3. The SMILES string of the molecule is CCCc1ncc(OC(F)(F)F)cn1. The summed E-state index contributed by atoms with van der Waals surface area (Å²) in [4.78, 5) is 7.43. The van der Waals surface area contributed by atoms with Gasteiger partial charge in [0.15, 0.2) is 5.75 Å². The molecule has 1 heterocycles. The number of alkyl halides is 3. The van der Waals surface area contributed by atoms with Gasteiger partial charge in [0.2, 0.25) is 0 Å². The van der Waals surface area contributed by atoms with E-state index in [1.165, 1.54) is 0 Å². The lowest BCUT2D eigenvalue weighted by atomic mass is 10.3. The second-order valence-electron chi connectivity index (χ2n) is 2.63. The van der Waals surface area contributed by atoms with Crippen molar-refractivity contribution < 1.29 is 17.9 Å². The van der Waals surface area contributed by atoms with Gasteiger partial charge in [-0.05, 0) is 6.42 Å². The minimum Gasteiger partial charge on any atom is -0.402 e. The molecule has 14 heavy (non-hydrogen) atoms. The summed E-state index contributed by atoms with van der Waals surface area (Å²) in [5, 5.41) is 0. The molecule has 0 aliphatic rings. The molecule has 78 valence electrons. The average molecular weight is 206 g/mol. The summed E-state index contributed by atoms with van der Waals surface area (Å²) < 4.78 is 38.7. The fraction of sp³-hybridized carbons (Fsp3) is 0.500. The van der Waals surface area contributed by atoms with Gasteiger partial charge in [-0.3, -0.25) is 0 Å². The fourth-order valence-corrected chi connectivity index (χ4v) is 0.882. The molecule has 6 heteroatoms. The van der Waals surface area contributed by atoms with E-state index in [-0.39, 0.29) is 0 Å². The Balaban J connectivity index is 2.64. The van der Waals surface area contributed by atoms with E-state index < -0.39 is 12.1 Å². The molecule has 0 aliphatic heterocycles. The maximum Gasteiger partial charge on any atom is 0.573 e. The minimum absolute atomic E-state index is 0.391. The summed E-state index contributed by atoms with van der Waals surface area (Å²) in [6, 6.07) is 0. The molecule has 0 aliphatic carbocycles. The summed E-state index contributed by atoms with van der Waals surface area (Å²) in [7, 11) is 0. The van der Waals surface area contributed by atoms with E-state index in [0.29, 0.717) is 12.2 Å². The molecular weight excluding hydrogens is 197 g/mol. The predicted molar refractivity (Wildman–Crippen MR) is 42.7 cm³/mol.